The summed E-state index contributed by atoms with van der Waals surface area (Å²) in [5.74, 6) is 0.139. The number of pyridine rings is 1. The molecule has 2 heterocycles. The van der Waals surface area contributed by atoms with Crippen molar-refractivity contribution in [2.75, 3.05) is 11.5 Å². The van der Waals surface area contributed by atoms with E-state index in [9.17, 15) is 13.2 Å². The van der Waals surface area contributed by atoms with Crippen LogP contribution in [0.4, 0.5) is 0 Å². The summed E-state index contributed by atoms with van der Waals surface area (Å²) in [4.78, 5) is 18.6. The van der Waals surface area contributed by atoms with Crippen molar-refractivity contribution >= 4 is 38.8 Å². The summed E-state index contributed by atoms with van der Waals surface area (Å²) in [5, 5.41) is 4.85. The number of thiophene rings is 1. The first kappa shape index (κ1) is 19.6. The maximum absolute atomic E-state index is 12.5. The molecule has 3 rings (SSSR count). The molecular weight excluding hydrogens is 400 g/mol. The van der Waals surface area contributed by atoms with E-state index in [1.807, 2.05) is 17.5 Å². The first-order chi connectivity index (χ1) is 13.1. The van der Waals surface area contributed by atoms with Crippen molar-refractivity contribution in [3.05, 3.63) is 76.7 Å². The Morgan fingerprint density at radius 2 is 1.93 bits per heavy atom. The maximum atomic E-state index is 12.5. The number of carbonyl (C=O) groups excluding carboxylic acids is 1. The third-order valence-electron chi connectivity index (χ3n) is 3.74. The van der Waals surface area contributed by atoms with Crippen LogP contribution >= 0.6 is 23.1 Å². The van der Waals surface area contributed by atoms with Gasteiger partial charge in [0.05, 0.1) is 22.8 Å². The Labute approximate surface area is 166 Å². The zero-order valence-corrected chi connectivity index (χ0v) is 16.8. The lowest BCUT2D eigenvalue weighted by molar-refractivity contribution is 0.0948. The summed E-state index contributed by atoms with van der Waals surface area (Å²) < 4.78 is 24.7. The number of hydrogen-bond donors (Lipinski definition) is 1. The average Bonchev–Trinajstić information content (AvgIpc) is 3.21. The van der Waals surface area contributed by atoms with Crippen LogP contribution in [0.2, 0.25) is 0 Å². The van der Waals surface area contributed by atoms with Gasteiger partial charge in [0, 0.05) is 27.9 Å². The lowest BCUT2D eigenvalue weighted by Gasteiger charge is -2.09. The van der Waals surface area contributed by atoms with E-state index < -0.39 is 9.84 Å². The van der Waals surface area contributed by atoms with E-state index >= 15 is 0 Å². The van der Waals surface area contributed by atoms with Crippen LogP contribution in [0.5, 0.6) is 0 Å². The van der Waals surface area contributed by atoms with Gasteiger partial charge in [0.2, 0.25) is 0 Å². The smallest absolute Gasteiger partial charge is 0.252 e. The number of nitrogens with one attached hydrogen (secondary N) is 1. The predicted octanol–water partition coefficient (Wildman–Crippen LogP) is 3.64. The van der Waals surface area contributed by atoms with E-state index in [1.54, 1.807) is 60.1 Å². The molecule has 0 radical (unpaired) electrons. The van der Waals surface area contributed by atoms with Crippen LogP contribution < -0.4 is 5.32 Å². The molecular formula is C19H18N2O3S3. The lowest BCUT2D eigenvalue weighted by atomic mass is 10.2. The fraction of sp³-hybridized carbons (Fsp3) is 0.158. The monoisotopic (exact) mass is 418 g/mol. The molecule has 3 aromatic rings. The molecule has 0 aliphatic heterocycles. The molecule has 0 aliphatic rings. The molecule has 0 spiro atoms. The van der Waals surface area contributed by atoms with E-state index in [4.69, 9.17) is 0 Å². The van der Waals surface area contributed by atoms with Gasteiger partial charge in [-0.15, -0.1) is 23.1 Å². The number of amides is 1. The predicted molar refractivity (Wildman–Crippen MR) is 109 cm³/mol. The largest absolute Gasteiger partial charge is 0.347 e. The van der Waals surface area contributed by atoms with Gasteiger partial charge in [0.1, 0.15) is 0 Å². The molecule has 0 fully saturated rings. The van der Waals surface area contributed by atoms with Gasteiger partial charge in [-0.05, 0) is 29.6 Å². The molecule has 2 aromatic heterocycles. The number of benzene rings is 1. The Hall–Kier alpha value is -2.16. The number of hydrogen-bond acceptors (Lipinski definition) is 6. The molecule has 0 atom stereocenters. The Kier molecular flexibility index (Phi) is 6.65. The van der Waals surface area contributed by atoms with Gasteiger partial charge in [-0.3, -0.25) is 9.78 Å². The second-order valence-corrected chi connectivity index (χ2v) is 9.89. The minimum absolute atomic E-state index is 0.00711. The van der Waals surface area contributed by atoms with E-state index in [2.05, 4.69) is 10.3 Å². The van der Waals surface area contributed by atoms with Crippen LogP contribution in [-0.2, 0) is 16.4 Å². The molecule has 0 unspecified atom stereocenters. The van der Waals surface area contributed by atoms with Gasteiger partial charge in [0.15, 0.2) is 9.84 Å². The first-order valence-corrected chi connectivity index (χ1v) is 11.7. The quantitative estimate of drug-likeness (QED) is 0.565. The number of nitrogens with zero attached hydrogens (tertiary/aromatic N) is 1. The molecule has 0 aliphatic carbocycles. The van der Waals surface area contributed by atoms with Crippen LogP contribution in [0, 0.1) is 0 Å². The second-order valence-electron chi connectivity index (χ2n) is 5.61. The summed E-state index contributed by atoms with van der Waals surface area (Å²) in [7, 11) is -3.34. The van der Waals surface area contributed by atoms with Crippen molar-refractivity contribution in [2.45, 2.75) is 16.3 Å². The zero-order valence-electron chi connectivity index (χ0n) is 14.4. The minimum atomic E-state index is -3.34. The highest BCUT2D eigenvalue weighted by atomic mass is 32.2. The number of aromatic nitrogens is 1. The van der Waals surface area contributed by atoms with Crippen molar-refractivity contribution in [1.82, 2.24) is 10.3 Å². The SMILES string of the molecule is O=C(NCc1cccs1)c1ccncc1SCCS(=O)(=O)c1ccccc1. The minimum Gasteiger partial charge on any atom is -0.347 e. The summed E-state index contributed by atoms with van der Waals surface area (Å²) in [6, 6.07) is 13.9. The van der Waals surface area contributed by atoms with Crippen molar-refractivity contribution in [3.63, 3.8) is 0 Å². The molecule has 0 saturated heterocycles. The third-order valence-corrected chi connectivity index (χ3v) is 7.66. The van der Waals surface area contributed by atoms with E-state index in [0.29, 0.717) is 27.7 Å². The Balaban J connectivity index is 1.61. The molecule has 5 nitrogen and oxygen atoms in total. The first-order valence-electron chi connectivity index (χ1n) is 8.21. The van der Waals surface area contributed by atoms with Gasteiger partial charge >= 0.3 is 0 Å². The number of thioether (sulfide) groups is 1. The average molecular weight is 419 g/mol. The second kappa shape index (κ2) is 9.16. The fourth-order valence-corrected chi connectivity index (χ4v) is 5.70. The Bertz CT molecular complexity index is 988. The van der Waals surface area contributed by atoms with Crippen LogP contribution in [0.25, 0.3) is 0 Å². The van der Waals surface area contributed by atoms with Crippen LogP contribution in [0.3, 0.4) is 0 Å². The van der Waals surface area contributed by atoms with Crippen LogP contribution in [-0.4, -0.2) is 30.8 Å². The van der Waals surface area contributed by atoms with Crippen molar-refractivity contribution in [1.29, 1.82) is 0 Å². The topological polar surface area (TPSA) is 76.1 Å². The molecule has 0 saturated carbocycles. The lowest BCUT2D eigenvalue weighted by Crippen LogP contribution is -2.23. The molecule has 140 valence electrons. The molecule has 8 heteroatoms. The highest BCUT2D eigenvalue weighted by molar-refractivity contribution is 8.00. The van der Waals surface area contributed by atoms with E-state index in [1.165, 1.54) is 11.8 Å². The van der Waals surface area contributed by atoms with Gasteiger partial charge in [-0.2, -0.15) is 0 Å². The summed E-state index contributed by atoms with van der Waals surface area (Å²) in [6.07, 6.45) is 3.16. The third kappa shape index (κ3) is 5.41. The number of sulfone groups is 1. The molecule has 1 amide bonds. The molecule has 1 N–H and O–H groups in total. The van der Waals surface area contributed by atoms with E-state index in [0.717, 1.165) is 4.88 Å². The van der Waals surface area contributed by atoms with Gasteiger partial charge in [-0.25, -0.2) is 8.42 Å². The molecule has 1 aromatic carbocycles. The summed E-state index contributed by atoms with van der Waals surface area (Å²) >= 11 is 2.90. The van der Waals surface area contributed by atoms with Crippen molar-refractivity contribution < 1.29 is 13.2 Å². The standard InChI is InChI=1S/C19H18N2O3S3/c22-19(21-13-15-5-4-10-25-15)17-8-9-20-14-18(17)26-11-12-27(23,24)16-6-2-1-3-7-16/h1-10,14H,11-13H2,(H,21,22). The maximum Gasteiger partial charge on any atom is 0.252 e. The normalized spacial score (nSPS) is 11.3. The van der Waals surface area contributed by atoms with Crippen LogP contribution in [0.15, 0.2) is 76.1 Å². The van der Waals surface area contributed by atoms with Gasteiger partial charge in [-0.1, -0.05) is 24.3 Å². The summed E-state index contributed by atoms with van der Waals surface area (Å²) in [5.41, 5.74) is 0.503. The molecule has 27 heavy (non-hydrogen) atoms. The van der Waals surface area contributed by atoms with Crippen molar-refractivity contribution in [3.8, 4) is 0 Å². The highest BCUT2D eigenvalue weighted by Crippen LogP contribution is 2.23. The van der Waals surface area contributed by atoms with Crippen molar-refractivity contribution in [2.24, 2.45) is 0 Å². The summed E-state index contributed by atoms with van der Waals surface area (Å²) in [6.45, 7) is 0.464. The number of carbonyl (C=O) groups is 1. The van der Waals surface area contributed by atoms with E-state index in [-0.39, 0.29) is 11.7 Å². The van der Waals surface area contributed by atoms with Crippen LogP contribution in [0.1, 0.15) is 15.2 Å². The molecule has 0 bridgehead atoms. The highest BCUT2D eigenvalue weighted by Gasteiger charge is 2.16. The van der Waals surface area contributed by atoms with Gasteiger partial charge < -0.3 is 5.32 Å². The number of rotatable bonds is 8. The van der Waals surface area contributed by atoms with Gasteiger partial charge in [0.25, 0.3) is 5.91 Å². The Morgan fingerprint density at radius 3 is 2.67 bits per heavy atom. The zero-order chi connectivity index (χ0) is 19.1. The fourth-order valence-electron chi connectivity index (χ4n) is 2.37. The Morgan fingerprint density at radius 1 is 1.11 bits per heavy atom.